The quantitative estimate of drug-likeness (QED) is 0.850. The van der Waals surface area contributed by atoms with Gasteiger partial charge in [-0.15, -0.1) is 0 Å². The number of ether oxygens (including phenoxy) is 1. The van der Waals surface area contributed by atoms with Crippen LogP contribution in [0, 0.1) is 0 Å². The average Bonchev–Trinajstić information content (AvgIpc) is 2.84. The zero-order valence-electron chi connectivity index (χ0n) is 12.5. The molecule has 0 bridgehead atoms. The van der Waals surface area contributed by atoms with Crippen molar-refractivity contribution in [3.8, 4) is 5.75 Å². The number of rotatable bonds is 4. The lowest BCUT2D eigenvalue weighted by molar-refractivity contribution is -0.110. The fourth-order valence-electron chi connectivity index (χ4n) is 2.51. The highest BCUT2D eigenvalue weighted by Gasteiger charge is 2.25. The fourth-order valence-corrected chi connectivity index (χ4v) is 2.51. The monoisotopic (exact) mass is 309 g/mol. The Bertz CT molecular complexity index is 824. The third kappa shape index (κ3) is 2.81. The number of benzene rings is 2. The van der Waals surface area contributed by atoms with Gasteiger partial charge < -0.3 is 15.2 Å². The van der Waals surface area contributed by atoms with Crippen molar-refractivity contribution in [3.63, 3.8) is 0 Å². The maximum absolute atomic E-state index is 12.2. The van der Waals surface area contributed by atoms with E-state index in [1.54, 1.807) is 12.1 Å². The molecule has 3 rings (SSSR count). The maximum atomic E-state index is 12.2. The van der Waals surface area contributed by atoms with Crippen molar-refractivity contribution in [2.24, 2.45) is 0 Å². The number of aromatic carboxylic acids is 1. The van der Waals surface area contributed by atoms with Gasteiger partial charge in [-0.2, -0.15) is 0 Å². The van der Waals surface area contributed by atoms with E-state index < -0.39 is 5.97 Å². The summed E-state index contributed by atoms with van der Waals surface area (Å²) in [5, 5.41) is 11.7. The largest absolute Gasteiger partial charge is 0.493 e. The molecule has 0 aromatic heterocycles. The molecular weight excluding hydrogens is 294 g/mol. The topological polar surface area (TPSA) is 75.6 Å². The van der Waals surface area contributed by atoms with Crippen LogP contribution in [0.2, 0.25) is 0 Å². The maximum Gasteiger partial charge on any atom is 0.335 e. The van der Waals surface area contributed by atoms with Gasteiger partial charge in [0.1, 0.15) is 5.75 Å². The lowest BCUT2D eigenvalue weighted by Gasteiger charge is -2.07. The van der Waals surface area contributed by atoms with E-state index in [2.05, 4.69) is 5.32 Å². The third-order valence-electron chi connectivity index (χ3n) is 3.57. The van der Waals surface area contributed by atoms with Crippen LogP contribution in [0.25, 0.3) is 11.6 Å². The van der Waals surface area contributed by atoms with E-state index in [1.165, 1.54) is 12.1 Å². The molecule has 23 heavy (non-hydrogen) atoms. The summed E-state index contributed by atoms with van der Waals surface area (Å²) in [6.45, 7) is 2.43. The molecule has 116 valence electrons. The molecule has 0 fully saturated rings. The van der Waals surface area contributed by atoms with Crippen molar-refractivity contribution in [1.29, 1.82) is 0 Å². The van der Waals surface area contributed by atoms with E-state index in [4.69, 9.17) is 9.84 Å². The predicted molar refractivity (Wildman–Crippen MR) is 87.5 cm³/mol. The summed E-state index contributed by atoms with van der Waals surface area (Å²) >= 11 is 0. The number of carboxylic acid groups (broad SMARTS) is 1. The summed E-state index contributed by atoms with van der Waals surface area (Å²) < 4.78 is 5.57. The van der Waals surface area contributed by atoms with Crippen molar-refractivity contribution < 1.29 is 19.4 Å². The number of hydrogen-bond donors (Lipinski definition) is 2. The first-order valence-electron chi connectivity index (χ1n) is 7.22. The van der Waals surface area contributed by atoms with Crippen LogP contribution < -0.4 is 10.1 Å². The molecule has 2 N–H and O–H groups in total. The van der Waals surface area contributed by atoms with Crippen molar-refractivity contribution in [2.45, 2.75) is 6.92 Å². The second-order valence-electron chi connectivity index (χ2n) is 5.05. The molecule has 1 aliphatic rings. The van der Waals surface area contributed by atoms with Gasteiger partial charge >= 0.3 is 5.97 Å². The summed E-state index contributed by atoms with van der Waals surface area (Å²) in [6.07, 6.45) is 1.76. The Morgan fingerprint density at radius 3 is 2.78 bits per heavy atom. The SMILES string of the molecule is CCOc1ccccc1C=C1C(=O)Nc2cc(C(=O)O)ccc21. The molecular formula is C18H15NO4. The van der Waals surface area contributed by atoms with Crippen LogP contribution in [0.3, 0.4) is 0 Å². The molecule has 0 spiro atoms. The molecule has 1 amide bonds. The number of anilines is 1. The highest BCUT2D eigenvalue weighted by molar-refractivity contribution is 6.35. The molecule has 0 saturated heterocycles. The first-order chi connectivity index (χ1) is 11.1. The minimum atomic E-state index is -1.03. The van der Waals surface area contributed by atoms with Gasteiger partial charge in [0, 0.05) is 22.4 Å². The lowest BCUT2D eigenvalue weighted by Crippen LogP contribution is -2.04. The van der Waals surface area contributed by atoms with Gasteiger partial charge in [0.15, 0.2) is 0 Å². The molecule has 5 nitrogen and oxygen atoms in total. The van der Waals surface area contributed by atoms with Crippen molar-refractivity contribution in [1.82, 2.24) is 0 Å². The van der Waals surface area contributed by atoms with Crippen LogP contribution in [0.15, 0.2) is 42.5 Å². The Morgan fingerprint density at radius 1 is 1.26 bits per heavy atom. The van der Waals surface area contributed by atoms with E-state index in [0.29, 0.717) is 29.2 Å². The highest BCUT2D eigenvalue weighted by atomic mass is 16.5. The van der Waals surface area contributed by atoms with Gasteiger partial charge in [0.2, 0.25) is 0 Å². The Morgan fingerprint density at radius 2 is 2.04 bits per heavy atom. The Labute approximate surface area is 133 Å². The van der Waals surface area contributed by atoms with Gasteiger partial charge in [-0.1, -0.05) is 24.3 Å². The normalized spacial score (nSPS) is 14.5. The standard InChI is InChI=1S/C18H15NO4/c1-2-23-16-6-4-3-5-11(16)9-14-13-8-7-12(18(21)22)10-15(13)19-17(14)20/h3-10H,2H2,1H3,(H,19,20)(H,21,22). The van der Waals surface area contributed by atoms with E-state index in [-0.39, 0.29) is 11.5 Å². The van der Waals surface area contributed by atoms with Crippen LogP contribution in [-0.2, 0) is 4.79 Å². The summed E-state index contributed by atoms with van der Waals surface area (Å²) in [5.41, 5.74) is 2.63. The molecule has 1 heterocycles. The van der Waals surface area contributed by atoms with Crippen LogP contribution in [-0.4, -0.2) is 23.6 Å². The molecule has 1 aliphatic heterocycles. The lowest BCUT2D eigenvalue weighted by atomic mass is 10.0. The minimum Gasteiger partial charge on any atom is -0.493 e. The molecule has 2 aromatic carbocycles. The van der Waals surface area contributed by atoms with Crippen LogP contribution in [0.5, 0.6) is 5.75 Å². The first-order valence-corrected chi connectivity index (χ1v) is 7.22. The number of nitrogens with one attached hydrogen (secondary N) is 1. The number of hydrogen-bond acceptors (Lipinski definition) is 3. The zero-order valence-corrected chi connectivity index (χ0v) is 12.5. The number of fused-ring (bicyclic) bond motifs is 1. The van der Waals surface area contributed by atoms with Gasteiger partial charge in [0.05, 0.1) is 12.2 Å². The summed E-state index contributed by atoms with van der Waals surface area (Å²) in [4.78, 5) is 23.2. The minimum absolute atomic E-state index is 0.139. The highest BCUT2D eigenvalue weighted by Crippen LogP contribution is 2.35. The van der Waals surface area contributed by atoms with Crippen molar-refractivity contribution >= 4 is 29.2 Å². The van der Waals surface area contributed by atoms with Gasteiger partial charge in [-0.05, 0) is 31.2 Å². The predicted octanol–water partition coefficient (Wildman–Crippen LogP) is 3.28. The molecule has 2 aromatic rings. The summed E-state index contributed by atoms with van der Waals surface area (Å²) in [6, 6.07) is 12.1. The Kier molecular flexibility index (Phi) is 3.85. The first kappa shape index (κ1) is 14.8. The summed E-state index contributed by atoms with van der Waals surface area (Å²) in [5.74, 6) is -0.582. The van der Waals surface area contributed by atoms with Crippen LogP contribution in [0.4, 0.5) is 5.69 Å². The molecule has 5 heteroatoms. The number of amides is 1. The summed E-state index contributed by atoms with van der Waals surface area (Å²) in [7, 11) is 0. The Hall–Kier alpha value is -3.08. The van der Waals surface area contributed by atoms with Gasteiger partial charge in [0.25, 0.3) is 5.91 Å². The Balaban J connectivity index is 2.06. The van der Waals surface area contributed by atoms with Crippen LogP contribution >= 0.6 is 0 Å². The number of carbonyl (C=O) groups excluding carboxylic acids is 1. The van der Waals surface area contributed by atoms with Crippen LogP contribution in [0.1, 0.15) is 28.4 Å². The molecule has 0 saturated carbocycles. The smallest absolute Gasteiger partial charge is 0.335 e. The van der Waals surface area contributed by atoms with E-state index in [0.717, 1.165) is 5.56 Å². The third-order valence-corrected chi connectivity index (χ3v) is 3.57. The fraction of sp³-hybridized carbons (Fsp3) is 0.111. The second kappa shape index (κ2) is 5.96. The zero-order chi connectivity index (χ0) is 16.4. The van der Waals surface area contributed by atoms with E-state index in [1.807, 2.05) is 31.2 Å². The van der Waals surface area contributed by atoms with Crippen molar-refractivity contribution in [3.05, 3.63) is 59.2 Å². The average molecular weight is 309 g/mol. The van der Waals surface area contributed by atoms with E-state index in [9.17, 15) is 9.59 Å². The van der Waals surface area contributed by atoms with Gasteiger partial charge in [-0.25, -0.2) is 4.79 Å². The second-order valence-corrected chi connectivity index (χ2v) is 5.05. The van der Waals surface area contributed by atoms with Gasteiger partial charge in [-0.3, -0.25) is 4.79 Å². The number of carbonyl (C=O) groups is 2. The van der Waals surface area contributed by atoms with Crippen molar-refractivity contribution in [2.75, 3.05) is 11.9 Å². The molecule has 0 aliphatic carbocycles. The molecule has 0 atom stereocenters. The van der Waals surface area contributed by atoms with E-state index >= 15 is 0 Å². The molecule has 0 radical (unpaired) electrons. The number of carboxylic acids is 1. The number of para-hydroxylation sites is 1. The molecule has 0 unspecified atom stereocenters.